The van der Waals surface area contributed by atoms with Crippen LogP contribution >= 0.6 is 0 Å². The number of carbonyl (C=O) groups is 1. The number of ether oxygens (including phenoxy) is 1. The quantitative estimate of drug-likeness (QED) is 0.859. The van der Waals surface area contributed by atoms with Crippen molar-refractivity contribution >= 4 is 15.9 Å². The van der Waals surface area contributed by atoms with Crippen molar-refractivity contribution in [1.29, 1.82) is 0 Å². The van der Waals surface area contributed by atoms with Gasteiger partial charge in [0.2, 0.25) is 5.88 Å². The molecule has 2 rings (SSSR count). The van der Waals surface area contributed by atoms with E-state index < -0.39 is 22.0 Å². The van der Waals surface area contributed by atoms with Crippen molar-refractivity contribution in [1.82, 2.24) is 14.6 Å². The Bertz CT molecular complexity index is 628. The van der Waals surface area contributed by atoms with Crippen LogP contribution in [0.4, 0.5) is 0 Å². The lowest BCUT2D eigenvalue weighted by atomic mass is 10.2. The summed E-state index contributed by atoms with van der Waals surface area (Å²) in [7, 11) is -2.47. The van der Waals surface area contributed by atoms with Gasteiger partial charge in [-0.05, 0) is 39.3 Å². The number of methoxy groups -OCH3 is 1. The molecule has 8 heteroatoms. The molecule has 0 aliphatic carbocycles. The molecule has 1 aromatic rings. The van der Waals surface area contributed by atoms with Crippen LogP contribution in [0.1, 0.15) is 26.7 Å². The maximum absolute atomic E-state index is 12.3. The molecule has 7 nitrogen and oxygen atoms in total. The number of carbonyl (C=O) groups excluding carboxylic acids is 1. The molecule has 0 radical (unpaired) electrons. The number of pyridine rings is 1. The predicted octanol–water partition coefficient (Wildman–Crippen LogP) is 0.768. The smallest absolute Gasteiger partial charge is 0.265 e. The summed E-state index contributed by atoms with van der Waals surface area (Å²) in [4.78, 5) is 18.1. The molecule has 1 N–H and O–H groups in total. The second kappa shape index (κ2) is 6.62. The fraction of sp³-hybridized carbons (Fsp3) is 0.571. The van der Waals surface area contributed by atoms with Crippen LogP contribution < -0.4 is 9.46 Å². The van der Waals surface area contributed by atoms with Gasteiger partial charge in [-0.2, -0.15) is 0 Å². The Morgan fingerprint density at radius 1 is 1.45 bits per heavy atom. The Kier molecular flexibility index (Phi) is 5.02. The first-order chi connectivity index (χ1) is 10.3. The third-order valence-electron chi connectivity index (χ3n) is 3.72. The van der Waals surface area contributed by atoms with E-state index in [1.807, 2.05) is 18.7 Å². The van der Waals surface area contributed by atoms with Crippen LogP contribution in [0.15, 0.2) is 23.2 Å². The minimum Gasteiger partial charge on any atom is -0.481 e. The molecule has 1 unspecified atom stereocenters. The lowest BCUT2D eigenvalue weighted by molar-refractivity contribution is -0.124. The number of hydrogen-bond donors (Lipinski definition) is 1. The number of aromatic nitrogens is 1. The van der Waals surface area contributed by atoms with Crippen molar-refractivity contribution in [3.63, 3.8) is 0 Å². The van der Waals surface area contributed by atoms with Gasteiger partial charge in [0.15, 0.2) is 0 Å². The molecule has 1 fully saturated rings. The Balaban J connectivity index is 2.12. The molecule has 0 bridgehead atoms. The van der Waals surface area contributed by atoms with Crippen LogP contribution in [-0.4, -0.2) is 49.9 Å². The van der Waals surface area contributed by atoms with E-state index in [1.165, 1.54) is 25.4 Å². The van der Waals surface area contributed by atoms with Gasteiger partial charge in [-0.15, -0.1) is 0 Å². The molecule has 22 heavy (non-hydrogen) atoms. The second-order valence-corrected chi connectivity index (χ2v) is 7.18. The van der Waals surface area contributed by atoms with Crippen molar-refractivity contribution in [3.8, 4) is 5.88 Å². The maximum atomic E-state index is 12.3. The highest BCUT2D eigenvalue weighted by molar-refractivity contribution is 7.90. The molecule has 1 aliphatic rings. The van der Waals surface area contributed by atoms with Crippen LogP contribution in [0.3, 0.4) is 0 Å². The first kappa shape index (κ1) is 16.7. The van der Waals surface area contributed by atoms with Gasteiger partial charge in [0, 0.05) is 12.1 Å². The first-order valence-electron chi connectivity index (χ1n) is 7.17. The van der Waals surface area contributed by atoms with Gasteiger partial charge < -0.3 is 4.74 Å². The van der Waals surface area contributed by atoms with Crippen LogP contribution in [0.25, 0.3) is 0 Å². The molecule has 1 saturated heterocycles. The van der Waals surface area contributed by atoms with Gasteiger partial charge in [0.1, 0.15) is 4.90 Å². The number of likely N-dealkylation sites (tertiary alicyclic amines) is 1. The van der Waals surface area contributed by atoms with E-state index >= 15 is 0 Å². The molecule has 1 atom stereocenters. The highest BCUT2D eigenvalue weighted by atomic mass is 32.2. The van der Waals surface area contributed by atoms with Crippen LogP contribution in [0.5, 0.6) is 5.88 Å². The van der Waals surface area contributed by atoms with Crippen molar-refractivity contribution in [3.05, 3.63) is 18.3 Å². The van der Waals surface area contributed by atoms with Crippen LogP contribution in [-0.2, 0) is 14.8 Å². The van der Waals surface area contributed by atoms with Crippen LogP contribution in [0.2, 0.25) is 0 Å². The topological polar surface area (TPSA) is 88.6 Å². The number of sulfonamides is 1. The Morgan fingerprint density at radius 2 is 2.18 bits per heavy atom. The van der Waals surface area contributed by atoms with Gasteiger partial charge in [0.25, 0.3) is 15.9 Å². The highest BCUT2D eigenvalue weighted by Crippen LogP contribution is 2.21. The molecule has 1 aliphatic heterocycles. The summed E-state index contributed by atoms with van der Waals surface area (Å²) in [5.74, 6) is -0.172. The fourth-order valence-electron chi connectivity index (χ4n) is 2.59. The number of nitrogens with one attached hydrogen (secondary N) is 1. The Morgan fingerprint density at radius 3 is 2.73 bits per heavy atom. The van der Waals surface area contributed by atoms with E-state index in [1.54, 1.807) is 0 Å². The summed E-state index contributed by atoms with van der Waals surface area (Å²) in [6.45, 7) is 4.79. The zero-order valence-electron chi connectivity index (χ0n) is 12.9. The van der Waals surface area contributed by atoms with Gasteiger partial charge in [-0.3, -0.25) is 9.69 Å². The summed E-state index contributed by atoms with van der Waals surface area (Å²) in [6, 6.07) is 2.59. The molecule has 0 aromatic carbocycles. The normalized spacial score (nSPS) is 19.4. The Labute approximate surface area is 130 Å². The first-order valence-corrected chi connectivity index (χ1v) is 8.66. The maximum Gasteiger partial charge on any atom is 0.265 e. The molecular formula is C14H21N3O4S. The summed E-state index contributed by atoms with van der Waals surface area (Å²) in [5, 5.41) is 0. The molecule has 122 valence electrons. The van der Waals surface area contributed by atoms with Gasteiger partial charge in [0.05, 0.1) is 19.3 Å². The van der Waals surface area contributed by atoms with E-state index in [4.69, 9.17) is 4.74 Å². The van der Waals surface area contributed by atoms with E-state index in [0.29, 0.717) is 12.3 Å². The van der Waals surface area contributed by atoms with Crippen LogP contribution in [0, 0.1) is 0 Å². The molecular weight excluding hydrogens is 306 g/mol. The standard InChI is InChI=1S/C14H21N3O4S/c1-10(2)17-8-4-5-12(17)14(18)16-22(19,20)11-6-7-13(21-3)15-9-11/h6-7,9-10,12H,4-5,8H2,1-3H3,(H,16,18). The van der Waals surface area contributed by atoms with Crippen molar-refractivity contribution in [2.75, 3.05) is 13.7 Å². The van der Waals surface area contributed by atoms with Crippen molar-refractivity contribution in [2.24, 2.45) is 0 Å². The van der Waals surface area contributed by atoms with Gasteiger partial charge in [-0.1, -0.05) is 0 Å². The minimum absolute atomic E-state index is 0.0595. The summed E-state index contributed by atoms with van der Waals surface area (Å²) < 4.78 is 31.5. The number of amides is 1. The fourth-order valence-corrected chi connectivity index (χ4v) is 3.55. The molecule has 0 spiro atoms. The van der Waals surface area contributed by atoms with E-state index in [0.717, 1.165) is 13.0 Å². The second-order valence-electron chi connectivity index (χ2n) is 5.50. The number of hydrogen-bond acceptors (Lipinski definition) is 6. The van der Waals surface area contributed by atoms with Crippen molar-refractivity contribution in [2.45, 2.75) is 43.7 Å². The monoisotopic (exact) mass is 327 g/mol. The lowest BCUT2D eigenvalue weighted by Gasteiger charge is -2.27. The predicted molar refractivity (Wildman–Crippen MR) is 81.0 cm³/mol. The Hall–Kier alpha value is -1.67. The van der Waals surface area contributed by atoms with E-state index in [9.17, 15) is 13.2 Å². The number of rotatable bonds is 5. The largest absolute Gasteiger partial charge is 0.481 e. The molecule has 1 aromatic heterocycles. The summed E-state index contributed by atoms with van der Waals surface area (Å²) in [5.41, 5.74) is 0. The van der Waals surface area contributed by atoms with Crippen molar-refractivity contribution < 1.29 is 17.9 Å². The van der Waals surface area contributed by atoms with E-state index in [-0.39, 0.29) is 10.9 Å². The van der Waals surface area contributed by atoms with Gasteiger partial charge >= 0.3 is 0 Å². The average Bonchev–Trinajstić information content (AvgIpc) is 2.96. The lowest BCUT2D eigenvalue weighted by Crippen LogP contribution is -2.47. The SMILES string of the molecule is COc1ccc(S(=O)(=O)NC(=O)C2CCCN2C(C)C)cn1. The highest BCUT2D eigenvalue weighted by Gasteiger charge is 2.34. The third kappa shape index (κ3) is 3.56. The summed E-state index contributed by atoms with van der Waals surface area (Å²) >= 11 is 0. The van der Waals surface area contributed by atoms with E-state index in [2.05, 4.69) is 9.71 Å². The summed E-state index contributed by atoms with van der Waals surface area (Å²) in [6.07, 6.45) is 2.73. The molecule has 2 heterocycles. The average molecular weight is 327 g/mol. The van der Waals surface area contributed by atoms with Gasteiger partial charge in [-0.25, -0.2) is 18.1 Å². The zero-order valence-corrected chi connectivity index (χ0v) is 13.8. The molecule has 0 saturated carbocycles. The number of nitrogens with zero attached hydrogens (tertiary/aromatic N) is 2. The zero-order chi connectivity index (χ0) is 16.3. The minimum atomic E-state index is -3.92. The third-order valence-corrected chi connectivity index (χ3v) is 5.06. The molecule has 1 amide bonds.